The van der Waals surface area contributed by atoms with Crippen LogP contribution >= 0.6 is 0 Å². The zero-order valence-electron chi connectivity index (χ0n) is 9.88. The summed E-state index contributed by atoms with van der Waals surface area (Å²) in [6.07, 6.45) is 7.36. The Kier molecular flexibility index (Phi) is 6.97. The monoisotopic (exact) mass is 226 g/mol. The van der Waals surface area contributed by atoms with E-state index in [-0.39, 0.29) is 6.61 Å². The Balaban J connectivity index is 2.29. The van der Waals surface area contributed by atoms with Crippen LogP contribution < -0.4 is 0 Å². The first-order valence-electron chi connectivity index (χ1n) is 6.24. The first-order chi connectivity index (χ1) is 7.88. The molecule has 1 saturated carbocycles. The topological polar surface area (TPSA) is 72.2 Å². The van der Waals surface area contributed by atoms with Gasteiger partial charge in [0.15, 0.2) is 0 Å². The minimum Gasteiger partial charge on any atom is -0.395 e. The van der Waals surface area contributed by atoms with Gasteiger partial charge in [-0.2, -0.15) is 0 Å². The molecule has 1 aliphatic carbocycles. The van der Waals surface area contributed by atoms with Gasteiger partial charge in [0.25, 0.3) is 0 Å². The molecule has 5 heteroatoms. The molecule has 1 rings (SSSR count). The molecule has 0 aromatic carbocycles. The van der Waals surface area contributed by atoms with Gasteiger partial charge in [-0.1, -0.05) is 24.4 Å². The van der Waals surface area contributed by atoms with E-state index in [1.165, 1.54) is 32.1 Å². The van der Waals surface area contributed by atoms with Crippen LogP contribution in [0.3, 0.4) is 0 Å². The van der Waals surface area contributed by atoms with Crippen molar-refractivity contribution in [3.63, 3.8) is 0 Å². The molecule has 1 aliphatic rings. The second-order valence-corrected chi connectivity index (χ2v) is 4.36. The van der Waals surface area contributed by atoms with Crippen LogP contribution in [-0.2, 0) is 0 Å². The van der Waals surface area contributed by atoms with Crippen LogP contribution in [0.5, 0.6) is 0 Å². The lowest BCUT2D eigenvalue weighted by molar-refractivity contribution is 0.123. The predicted octanol–water partition coefficient (Wildman–Crippen LogP) is 2.31. The Morgan fingerprint density at radius 2 is 2.00 bits per heavy atom. The van der Waals surface area contributed by atoms with Crippen molar-refractivity contribution in [2.24, 2.45) is 5.11 Å². The Morgan fingerprint density at radius 1 is 1.25 bits per heavy atom. The molecule has 0 saturated heterocycles. The molecule has 0 atom stereocenters. The summed E-state index contributed by atoms with van der Waals surface area (Å²) in [4.78, 5) is 5.10. The van der Waals surface area contributed by atoms with E-state index >= 15 is 0 Å². The van der Waals surface area contributed by atoms with Gasteiger partial charge in [-0.05, 0) is 31.3 Å². The highest BCUT2D eigenvalue weighted by molar-refractivity contribution is 4.75. The Bertz CT molecular complexity index is 222. The molecule has 1 fully saturated rings. The second kappa shape index (κ2) is 8.39. The molecule has 0 aliphatic heterocycles. The highest BCUT2D eigenvalue weighted by Gasteiger charge is 2.19. The van der Waals surface area contributed by atoms with Crippen LogP contribution in [0, 0.1) is 0 Å². The third-order valence-corrected chi connectivity index (χ3v) is 3.24. The van der Waals surface area contributed by atoms with Crippen molar-refractivity contribution in [2.45, 2.75) is 44.6 Å². The van der Waals surface area contributed by atoms with E-state index in [1.54, 1.807) is 0 Å². The molecule has 1 N–H and O–H groups in total. The van der Waals surface area contributed by atoms with Crippen molar-refractivity contribution in [1.29, 1.82) is 0 Å². The maximum absolute atomic E-state index is 9.05. The van der Waals surface area contributed by atoms with Crippen molar-refractivity contribution < 1.29 is 5.11 Å². The van der Waals surface area contributed by atoms with Gasteiger partial charge in [0.05, 0.1) is 6.61 Å². The molecular weight excluding hydrogens is 204 g/mol. The van der Waals surface area contributed by atoms with Gasteiger partial charge in [-0.25, -0.2) is 0 Å². The first-order valence-corrected chi connectivity index (χ1v) is 6.24. The Labute approximate surface area is 97.1 Å². The zero-order chi connectivity index (χ0) is 11.6. The molecule has 92 valence electrons. The van der Waals surface area contributed by atoms with Crippen LogP contribution in [-0.4, -0.2) is 42.3 Å². The predicted molar refractivity (Wildman–Crippen MR) is 64.2 cm³/mol. The van der Waals surface area contributed by atoms with Crippen molar-refractivity contribution >= 4 is 0 Å². The fourth-order valence-electron chi connectivity index (χ4n) is 2.44. The lowest BCUT2D eigenvalue weighted by atomic mass is 9.94. The van der Waals surface area contributed by atoms with Gasteiger partial charge in [0.2, 0.25) is 0 Å². The van der Waals surface area contributed by atoms with E-state index in [1.807, 2.05) is 0 Å². The van der Waals surface area contributed by atoms with Crippen LogP contribution in [0.1, 0.15) is 38.5 Å². The molecular formula is C11H22N4O. The summed E-state index contributed by atoms with van der Waals surface area (Å²) in [6, 6.07) is 0.631. The number of aliphatic hydroxyl groups excluding tert-OH is 1. The van der Waals surface area contributed by atoms with Crippen LogP contribution in [0.15, 0.2) is 5.11 Å². The summed E-state index contributed by atoms with van der Waals surface area (Å²) >= 11 is 0. The molecule has 0 unspecified atom stereocenters. The van der Waals surface area contributed by atoms with Crippen molar-refractivity contribution in [1.82, 2.24) is 4.90 Å². The van der Waals surface area contributed by atoms with Crippen molar-refractivity contribution in [3.8, 4) is 0 Å². The normalized spacial score (nSPS) is 17.4. The zero-order valence-corrected chi connectivity index (χ0v) is 9.88. The summed E-state index contributed by atoms with van der Waals surface area (Å²) < 4.78 is 0. The minimum absolute atomic E-state index is 0.220. The minimum atomic E-state index is 0.220. The molecule has 0 spiro atoms. The van der Waals surface area contributed by atoms with Crippen LogP contribution in [0.4, 0.5) is 0 Å². The van der Waals surface area contributed by atoms with Crippen molar-refractivity contribution in [2.75, 3.05) is 26.2 Å². The number of hydrogen-bond acceptors (Lipinski definition) is 3. The fourth-order valence-corrected chi connectivity index (χ4v) is 2.44. The van der Waals surface area contributed by atoms with E-state index in [4.69, 9.17) is 10.6 Å². The molecule has 0 radical (unpaired) electrons. The smallest absolute Gasteiger partial charge is 0.0558 e. The molecule has 16 heavy (non-hydrogen) atoms. The van der Waals surface area contributed by atoms with Gasteiger partial charge in [-0.15, -0.1) is 0 Å². The average molecular weight is 226 g/mol. The quantitative estimate of drug-likeness (QED) is 0.313. The maximum Gasteiger partial charge on any atom is 0.0558 e. The third-order valence-electron chi connectivity index (χ3n) is 3.24. The summed E-state index contributed by atoms with van der Waals surface area (Å²) in [6.45, 7) is 2.47. The summed E-state index contributed by atoms with van der Waals surface area (Å²) in [5.74, 6) is 0. The van der Waals surface area contributed by atoms with Crippen molar-refractivity contribution in [3.05, 3.63) is 10.4 Å². The lowest BCUT2D eigenvalue weighted by Crippen LogP contribution is -2.39. The lowest BCUT2D eigenvalue weighted by Gasteiger charge is -2.33. The number of rotatable bonds is 7. The summed E-state index contributed by atoms with van der Waals surface area (Å²) in [5, 5.41) is 12.6. The summed E-state index contributed by atoms with van der Waals surface area (Å²) in [5.41, 5.74) is 8.19. The van der Waals surface area contributed by atoms with Crippen LogP contribution in [0.2, 0.25) is 0 Å². The molecule has 0 heterocycles. The van der Waals surface area contributed by atoms with Gasteiger partial charge in [0, 0.05) is 24.0 Å². The summed E-state index contributed by atoms with van der Waals surface area (Å²) in [7, 11) is 0. The molecule has 5 nitrogen and oxygen atoms in total. The van der Waals surface area contributed by atoms with E-state index in [0.29, 0.717) is 12.6 Å². The van der Waals surface area contributed by atoms with Gasteiger partial charge < -0.3 is 5.11 Å². The van der Waals surface area contributed by atoms with Gasteiger partial charge in [0.1, 0.15) is 0 Å². The molecule has 0 aromatic heterocycles. The SMILES string of the molecule is [N-]=[N+]=NCCCN(CCO)C1CCCCC1. The van der Waals surface area contributed by atoms with E-state index in [2.05, 4.69) is 14.9 Å². The molecule has 0 aromatic rings. The molecule has 0 amide bonds. The molecule has 0 bridgehead atoms. The Hall–Kier alpha value is -0.770. The van der Waals surface area contributed by atoms with Crippen LogP contribution in [0.25, 0.3) is 10.4 Å². The largest absolute Gasteiger partial charge is 0.395 e. The fraction of sp³-hybridized carbons (Fsp3) is 1.00. The average Bonchev–Trinajstić information content (AvgIpc) is 2.34. The maximum atomic E-state index is 9.05. The van der Waals surface area contributed by atoms with Gasteiger partial charge in [-0.3, -0.25) is 4.90 Å². The standard InChI is InChI=1S/C11H22N4O/c12-14-13-7-4-8-15(9-10-16)11-5-2-1-3-6-11/h11,16H,1-10H2. The van der Waals surface area contributed by atoms with E-state index < -0.39 is 0 Å². The van der Waals surface area contributed by atoms with E-state index in [9.17, 15) is 0 Å². The third kappa shape index (κ3) is 4.84. The van der Waals surface area contributed by atoms with Gasteiger partial charge >= 0.3 is 0 Å². The number of aliphatic hydroxyl groups is 1. The second-order valence-electron chi connectivity index (χ2n) is 4.36. The van der Waals surface area contributed by atoms with E-state index in [0.717, 1.165) is 19.5 Å². The number of hydrogen-bond donors (Lipinski definition) is 1. The highest BCUT2D eigenvalue weighted by Crippen LogP contribution is 2.22. The highest BCUT2D eigenvalue weighted by atomic mass is 16.3. The number of azide groups is 1. The first kappa shape index (κ1) is 13.3. The number of nitrogens with zero attached hydrogens (tertiary/aromatic N) is 4. The Morgan fingerprint density at radius 3 is 2.62 bits per heavy atom.